The van der Waals surface area contributed by atoms with E-state index >= 15 is 0 Å². The molecular weight excluding hydrogens is 356 g/mol. The predicted octanol–water partition coefficient (Wildman–Crippen LogP) is 3.29. The van der Waals surface area contributed by atoms with Gasteiger partial charge in [-0.2, -0.15) is 0 Å². The van der Waals surface area contributed by atoms with Crippen LogP contribution in [0.15, 0.2) is 34.7 Å². The molecule has 132 valence electrons. The van der Waals surface area contributed by atoms with Crippen LogP contribution in [0.25, 0.3) is 0 Å². The number of hydrogen-bond acceptors (Lipinski definition) is 6. The Morgan fingerprint density at radius 3 is 2.56 bits per heavy atom. The fraction of sp³-hybridized carbons (Fsp3) is 0.412. The first-order valence-corrected chi connectivity index (χ1v) is 10.2. The zero-order chi connectivity index (χ0) is 17.5. The molecule has 2 aromatic heterocycles. The highest BCUT2D eigenvalue weighted by Crippen LogP contribution is 2.18. The van der Waals surface area contributed by atoms with Gasteiger partial charge < -0.3 is 10.2 Å². The Kier molecular flexibility index (Phi) is 6.41. The Morgan fingerprint density at radius 1 is 1.12 bits per heavy atom. The fourth-order valence-electron chi connectivity index (χ4n) is 2.60. The van der Waals surface area contributed by atoms with Crippen LogP contribution in [0.1, 0.15) is 35.4 Å². The number of nitrogens with zero attached hydrogens (tertiary/aromatic N) is 3. The molecule has 2 aromatic rings. The molecule has 0 unspecified atom stereocenters. The lowest BCUT2D eigenvalue weighted by molar-refractivity contribution is -0.128. The summed E-state index contributed by atoms with van der Waals surface area (Å²) < 4.78 is 0. The van der Waals surface area contributed by atoms with E-state index in [1.54, 1.807) is 18.2 Å². The number of thioether (sulfide) groups is 1. The van der Waals surface area contributed by atoms with Crippen molar-refractivity contribution < 1.29 is 9.59 Å². The van der Waals surface area contributed by atoms with Gasteiger partial charge in [0, 0.05) is 13.1 Å². The number of carbonyl (C=O) groups excluding carboxylic acids is 2. The maximum atomic E-state index is 12.3. The number of anilines is 1. The Morgan fingerprint density at radius 2 is 1.92 bits per heavy atom. The lowest BCUT2D eigenvalue weighted by Crippen LogP contribution is -2.33. The smallest absolute Gasteiger partial charge is 0.266 e. The number of hydrogen-bond donors (Lipinski definition) is 1. The van der Waals surface area contributed by atoms with E-state index < -0.39 is 0 Å². The van der Waals surface area contributed by atoms with Crippen LogP contribution in [-0.4, -0.2) is 45.8 Å². The Labute approximate surface area is 155 Å². The molecule has 6 nitrogen and oxygen atoms in total. The van der Waals surface area contributed by atoms with Gasteiger partial charge in [-0.3, -0.25) is 9.59 Å². The van der Waals surface area contributed by atoms with Crippen LogP contribution in [0.2, 0.25) is 0 Å². The first-order chi connectivity index (χ1) is 12.2. The van der Waals surface area contributed by atoms with Crippen LogP contribution < -0.4 is 5.32 Å². The van der Waals surface area contributed by atoms with Crippen LogP contribution >= 0.6 is 23.1 Å². The van der Waals surface area contributed by atoms with Gasteiger partial charge in [0.25, 0.3) is 5.91 Å². The summed E-state index contributed by atoms with van der Waals surface area (Å²) in [5.41, 5.74) is 0. The van der Waals surface area contributed by atoms with Gasteiger partial charge in [-0.15, -0.1) is 21.5 Å². The van der Waals surface area contributed by atoms with Crippen molar-refractivity contribution in [1.29, 1.82) is 0 Å². The van der Waals surface area contributed by atoms with Crippen molar-refractivity contribution in [3.05, 3.63) is 34.5 Å². The largest absolute Gasteiger partial charge is 0.342 e. The highest BCUT2D eigenvalue weighted by atomic mass is 32.2. The third-order valence-electron chi connectivity index (χ3n) is 3.93. The molecule has 0 aromatic carbocycles. The van der Waals surface area contributed by atoms with Crippen molar-refractivity contribution in [3.8, 4) is 0 Å². The van der Waals surface area contributed by atoms with E-state index in [-0.39, 0.29) is 11.8 Å². The van der Waals surface area contributed by atoms with Crippen LogP contribution in [0, 0.1) is 0 Å². The lowest BCUT2D eigenvalue weighted by Gasteiger charge is -2.19. The van der Waals surface area contributed by atoms with E-state index in [0.717, 1.165) is 25.9 Å². The van der Waals surface area contributed by atoms with E-state index in [1.807, 2.05) is 16.3 Å². The molecule has 1 aliphatic heterocycles. The van der Waals surface area contributed by atoms with Gasteiger partial charge in [-0.05, 0) is 36.4 Å². The maximum absolute atomic E-state index is 12.3. The van der Waals surface area contributed by atoms with E-state index in [4.69, 9.17) is 0 Å². The average molecular weight is 377 g/mol. The topological polar surface area (TPSA) is 75.2 Å². The summed E-state index contributed by atoms with van der Waals surface area (Å²) in [5.74, 6) is 0.738. The van der Waals surface area contributed by atoms with Crippen molar-refractivity contribution in [2.24, 2.45) is 0 Å². The second kappa shape index (κ2) is 8.96. The van der Waals surface area contributed by atoms with Gasteiger partial charge >= 0.3 is 0 Å². The van der Waals surface area contributed by atoms with Crippen LogP contribution in [0.3, 0.4) is 0 Å². The minimum atomic E-state index is -0.193. The summed E-state index contributed by atoms with van der Waals surface area (Å²) in [7, 11) is 0. The van der Waals surface area contributed by atoms with Crippen LogP contribution in [-0.2, 0) is 4.79 Å². The van der Waals surface area contributed by atoms with Crippen molar-refractivity contribution in [3.63, 3.8) is 0 Å². The van der Waals surface area contributed by atoms with E-state index in [1.165, 1.54) is 35.9 Å². The summed E-state index contributed by atoms with van der Waals surface area (Å²) in [5, 5.41) is 13.3. The minimum absolute atomic E-state index is 0.156. The molecule has 0 saturated carbocycles. The monoisotopic (exact) mass is 376 g/mol. The molecular formula is C17H20N4O2S2. The molecule has 0 radical (unpaired) electrons. The Bertz CT molecular complexity index is 696. The number of amides is 2. The van der Waals surface area contributed by atoms with Gasteiger partial charge in [0.15, 0.2) is 5.82 Å². The summed E-state index contributed by atoms with van der Waals surface area (Å²) in [6.45, 7) is 1.72. The highest BCUT2D eigenvalue weighted by Gasteiger charge is 2.16. The molecule has 0 bridgehead atoms. The number of rotatable bonds is 5. The minimum Gasteiger partial charge on any atom is -0.342 e. The number of aromatic nitrogens is 2. The van der Waals surface area contributed by atoms with Crippen LogP contribution in [0.4, 0.5) is 5.82 Å². The molecule has 1 saturated heterocycles. The van der Waals surface area contributed by atoms with E-state index in [2.05, 4.69) is 15.5 Å². The molecule has 0 atom stereocenters. The summed E-state index contributed by atoms with van der Waals surface area (Å²) in [6.07, 6.45) is 4.60. The van der Waals surface area contributed by atoms with E-state index in [0.29, 0.717) is 21.5 Å². The lowest BCUT2D eigenvalue weighted by atomic mass is 10.2. The van der Waals surface area contributed by atoms with Gasteiger partial charge in [0.1, 0.15) is 5.03 Å². The third kappa shape index (κ3) is 5.27. The molecule has 8 heteroatoms. The second-order valence-corrected chi connectivity index (χ2v) is 7.72. The average Bonchev–Trinajstić information content (AvgIpc) is 3.03. The van der Waals surface area contributed by atoms with E-state index in [9.17, 15) is 9.59 Å². The van der Waals surface area contributed by atoms with Gasteiger partial charge in [-0.25, -0.2) is 0 Å². The molecule has 25 heavy (non-hydrogen) atoms. The molecule has 0 aliphatic carbocycles. The number of carbonyl (C=O) groups is 2. The summed E-state index contributed by atoms with van der Waals surface area (Å²) >= 11 is 2.75. The number of nitrogens with one attached hydrogen (secondary N) is 1. The first kappa shape index (κ1) is 17.9. The molecule has 1 N–H and O–H groups in total. The Hall–Kier alpha value is -1.93. The quantitative estimate of drug-likeness (QED) is 0.811. The zero-order valence-electron chi connectivity index (χ0n) is 13.8. The molecule has 1 aliphatic rings. The molecule has 1 fully saturated rings. The molecule has 3 rings (SSSR count). The molecule has 3 heterocycles. The zero-order valence-corrected chi connectivity index (χ0v) is 15.4. The highest BCUT2D eigenvalue weighted by molar-refractivity contribution is 7.99. The normalized spacial score (nSPS) is 14.8. The third-order valence-corrected chi connectivity index (χ3v) is 5.70. The molecule has 0 spiro atoms. The van der Waals surface area contributed by atoms with Crippen molar-refractivity contribution in [2.75, 3.05) is 24.2 Å². The van der Waals surface area contributed by atoms with Crippen LogP contribution in [0.5, 0.6) is 0 Å². The van der Waals surface area contributed by atoms with Crippen molar-refractivity contribution in [2.45, 2.75) is 30.7 Å². The standard InChI is InChI=1S/C17H20N4O2S2/c22-16(21-9-3-1-2-4-10-21)12-25-15-8-7-14(19-20-15)18-17(23)13-6-5-11-24-13/h5-8,11H,1-4,9-10,12H2,(H,18,19,23). The number of likely N-dealkylation sites (tertiary alicyclic amines) is 1. The SMILES string of the molecule is O=C(Nc1ccc(SCC(=O)N2CCCCCC2)nn1)c1cccs1. The summed E-state index contributed by atoms with van der Waals surface area (Å²) in [4.78, 5) is 26.8. The number of thiophene rings is 1. The van der Waals surface area contributed by atoms with Gasteiger partial charge in [0.05, 0.1) is 10.6 Å². The van der Waals surface area contributed by atoms with Crippen molar-refractivity contribution in [1.82, 2.24) is 15.1 Å². The second-order valence-electron chi connectivity index (χ2n) is 5.77. The van der Waals surface area contributed by atoms with Crippen molar-refractivity contribution >= 4 is 40.7 Å². The first-order valence-electron chi connectivity index (χ1n) is 8.31. The fourth-order valence-corrected chi connectivity index (χ4v) is 3.93. The van der Waals surface area contributed by atoms with Gasteiger partial charge in [-0.1, -0.05) is 30.7 Å². The predicted molar refractivity (Wildman–Crippen MR) is 100 cm³/mol. The maximum Gasteiger partial charge on any atom is 0.266 e. The Balaban J connectivity index is 1.48. The molecule has 2 amide bonds. The summed E-state index contributed by atoms with van der Waals surface area (Å²) in [6, 6.07) is 7.06. The van der Waals surface area contributed by atoms with Gasteiger partial charge in [0.2, 0.25) is 5.91 Å².